The second-order valence-corrected chi connectivity index (χ2v) is 7.11. The van der Waals surface area contributed by atoms with Crippen molar-refractivity contribution in [3.8, 4) is 0 Å². The molecule has 2 aromatic rings. The normalized spacial score (nSPS) is 22.8. The van der Waals surface area contributed by atoms with Crippen LogP contribution in [0.2, 0.25) is 0 Å². The zero-order valence-corrected chi connectivity index (χ0v) is 11.4. The first kappa shape index (κ1) is 12.3. The summed E-state index contributed by atoms with van der Waals surface area (Å²) >= 11 is 0. The number of benzene rings is 1. The van der Waals surface area contributed by atoms with Crippen LogP contribution in [-0.2, 0) is 9.84 Å². The molecule has 1 saturated heterocycles. The van der Waals surface area contributed by atoms with Crippen LogP contribution in [0.3, 0.4) is 0 Å². The van der Waals surface area contributed by atoms with Crippen molar-refractivity contribution in [3.05, 3.63) is 18.2 Å². The van der Waals surface area contributed by atoms with Crippen molar-refractivity contribution in [2.24, 2.45) is 0 Å². The molecule has 1 unspecified atom stereocenters. The van der Waals surface area contributed by atoms with Crippen LogP contribution in [0.4, 0.5) is 11.7 Å². The van der Waals surface area contributed by atoms with Crippen LogP contribution in [0.15, 0.2) is 22.6 Å². The summed E-state index contributed by atoms with van der Waals surface area (Å²) in [5.41, 5.74) is 7.66. The molecular weight excluding hydrogens is 266 g/mol. The van der Waals surface area contributed by atoms with Crippen molar-refractivity contribution >= 4 is 32.6 Å². The van der Waals surface area contributed by atoms with Gasteiger partial charge in [0.05, 0.1) is 11.5 Å². The van der Waals surface area contributed by atoms with E-state index in [-0.39, 0.29) is 17.5 Å². The highest BCUT2D eigenvalue weighted by atomic mass is 32.2. The molecule has 7 heteroatoms. The van der Waals surface area contributed by atoms with Gasteiger partial charge in [-0.05, 0) is 19.1 Å². The van der Waals surface area contributed by atoms with Crippen molar-refractivity contribution in [2.45, 2.75) is 13.0 Å². The Labute approximate surface area is 111 Å². The van der Waals surface area contributed by atoms with Crippen LogP contribution >= 0.6 is 0 Å². The van der Waals surface area contributed by atoms with Crippen LogP contribution < -0.4 is 10.6 Å². The summed E-state index contributed by atoms with van der Waals surface area (Å²) in [7, 11) is -2.94. The first-order valence-electron chi connectivity index (χ1n) is 6.08. The molecule has 1 atom stereocenters. The maximum absolute atomic E-state index is 11.6. The second kappa shape index (κ2) is 4.12. The zero-order chi connectivity index (χ0) is 13.6. The third kappa shape index (κ3) is 2.25. The molecule has 0 saturated carbocycles. The molecule has 2 heterocycles. The first-order chi connectivity index (χ1) is 8.94. The van der Waals surface area contributed by atoms with Gasteiger partial charge in [-0.15, -0.1) is 0 Å². The lowest BCUT2D eigenvalue weighted by Crippen LogP contribution is -2.47. The number of nitrogens with zero attached hydrogens (tertiary/aromatic N) is 2. The van der Waals surface area contributed by atoms with Gasteiger partial charge in [0, 0.05) is 24.3 Å². The van der Waals surface area contributed by atoms with Crippen LogP contribution in [0.1, 0.15) is 6.92 Å². The lowest BCUT2D eigenvalue weighted by molar-refractivity contribution is 0.523. The van der Waals surface area contributed by atoms with Gasteiger partial charge in [-0.3, -0.25) is 0 Å². The van der Waals surface area contributed by atoms with E-state index in [1.54, 1.807) is 18.2 Å². The van der Waals surface area contributed by atoms with E-state index >= 15 is 0 Å². The summed E-state index contributed by atoms with van der Waals surface area (Å²) < 4.78 is 28.8. The molecule has 0 bridgehead atoms. The predicted octanol–water partition coefficient (Wildman–Crippen LogP) is 1.03. The first-order valence-corrected chi connectivity index (χ1v) is 7.90. The minimum absolute atomic E-state index is 0.133. The highest BCUT2D eigenvalue weighted by Gasteiger charge is 2.30. The van der Waals surface area contributed by atoms with Gasteiger partial charge in [-0.2, -0.15) is 4.98 Å². The Balaban J connectivity index is 1.96. The van der Waals surface area contributed by atoms with Gasteiger partial charge in [0.1, 0.15) is 5.52 Å². The van der Waals surface area contributed by atoms with Gasteiger partial charge in [0.2, 0.25) is 0 Å². The van der Waals surface area contributed by atoms with Crippen molar-refractivity contribution in [2.75, 3.05) is 28.7 Å². The van der Waals surface area contributed by atoms with Crippen molar-refractivity contribution in [1.82, 2.24) is 4.98 Å². The molecule has 2 N–H and O–H groups in total. The summed E-state index contributed by atoms with van der Waals surface area (Å²) in [6, 6.07) is 5.60. The average Bonchev–Trinajstić information content (AvgIpc) is 2.70. The van der Waals surface area contributed by atoms with Crippen LogP contribution in [0, 0.1) is 0 Å². The molecular formula is C12H15N3O3S. The van der Waals surface area contributed by atoms with E-state index in [2.05, 4.69) is 4.98 Å². The summed E-state index contributed by atoms with van der Waals surface area (Å²) in [5, 5.41) is 0. The largest absolute Gasteiger partial charge is 0.423 e. The molecule has 19 heavy (non-hydrogen) atoms. The van der Waals surface area contributed by atoms with E-state index in [1.165, 1.54) is 0 Å². The maximum Gasteiger partial charge on any atom is 0.298 e. The molecule has 0 radical (unpaired) electrons. The fraction of sp³-hybridized carbons (Fsp3) is 0.417. The number of hydrogen-bond donors (Lipinski definition) is 1. The molecule has 1 aromatic carbocycles. The third-order valence-corrected chi connectivity index (χ3v) is 5.11. The number of sulfone groups is 1. The molecule has 1 aromatic heterocycles. The Hall–Kier alpha value is -1.76. The molecule has 1 aliphatic heterocycles. The lowest BCUT2D eigenvalue weighted by Gasteiger charge is -2.31. The fourth-order valence-electron chi connectivity index (χ4n) is 2.33. The van der Waals surface area contributed by atoms with E-state index in [1.807, 2.05) is 11.8 Å². The van der Waals surface area contributed by atoms with Gasteiger partial charge in [0.15, 0.2) is 15.4 Å². The maximum atomic E-state index is 11.6. The van der Waals surface area contributed by atoms with E-state index in [9.17, 15) is 8.42 Å². The number of oxazole rings is 1. The number of anilines is 2. The Kier molecular flexibility index (Phi) is 2.67. The highest BCUT2D eigenvalue weighted by molar-refractivity contribution is 7.91. The van der Waals surface area contributed by atoms with E-state index < -0.39 is 9.84 Å². The minimum Gasteiger partial charge on any atom is -0.423 e. The third-order valence-electron chi connectivity index (χ3n) is 3.32. The molecule has 0 spiro atoms. The van der Waals surface area contributed by atoms with Gasteiger partial charge in [0.25, 0.3) is 6.01 Å². The second-order valence-electron chi connectivity index (χ2n) is 4.88. The lowest BCUT2D eigenvalue weighted by atomic mass is 10.3. The van der Waals surface area contributed by atoms with Gasteiger partial charge in [-0.1, -0.05) is 0 Å². The van der Waals surface area contributed by atoms with Crippen molar-refractivity contribution < 1.29 is 12.8 Å². The fourth-order valence-corrected chi connectivity index (χ4v) is 3.89. The molecule has 6 nitrogen and oxygen atoms in total. The molecule has 0 aliphatic carbocycles. The molecule has 3 rings (SSSR count). The van der Waals surface area contributed by atoms with Crippen molar-refractivity contribution in [1.29, 1.82) is 0 Å². The highest BCUT2D eigenvalue weighted by Crippen LogP contribution is 2.26. The molecule has 0 amide bonds. The standard InChI is InChI=1S/C12H15N3O3S/c1-8-7-19(16,17)5-4-15(8)12-14-10-3-2-9(13)6-11(10)18-12/h2-3,6,8H,4-5,7,13H2,1H3. The summed E-state index contributed by atoms with van der Waals surface area (Å²) in [4.78, 5) is 6.27. The molecule has 1 fully saturated rings. The monoisotopic (exact) mass is 281 g/mol. The van der Waals surface area contributed by atoms with Crippen LogP contribution in [0.25, 0.3) is 11.1 Å². The van der Waals surface area contributed by atoms with E-state index in [0.29, 0.717) is 23.8 Å². The van der Waals surface area contributed by atoms with Crippen LogP contribution in [-0.4, -0.2) is 37.5 Å². The number of nitrogens with two attached hydrogens (primary N) is 1. The minimum atomic E-state index is -2.94. The summed E-state index contributed by atoms with van der Waals surface area (Å²) in [5.74, 6) is 0.270. The smallest absolute Gasteiger partial charge is 0.298 e. The number of fused-ring (bicyclic) bond motifs is 1. The Morgan fingerprint density at radius 2 is 2.26 bits per heavy atom. The zero-order valence-electron chi connectivity index (χ0n) is 10.5. The topological polar surface area (TPSA) is 89.4 Å². The Morgan fingerprint density at radius 3 is 3.00 bits per heavy atom. The Bertz CT molecular complexity index is 723. The van der Waals surface area contributed by atoms with Gasteiger partial charge < -0.3 is 15.1 Å². The summed E-state index contributed by atoms with van der Waals surface area (Å²) in [6.45, 7) is 2.27. The Morgan fingerprint density at radius 1 is 1.47 bits per heavy atom. The predicted molar refractivity (Wildman–Crippen MR) is 73.9 cm³/mol. The van der Waals surface area contributed by atoms with Crippen molar-refractivity contribution in [3.63, 3.8) is 0 Å². The molecule has 102 valence electrons. The van der Waals surface area contributed by atoms with E-state index in [4.69, 9.17) is 10.2 Å². The van der Waals surface area contributed by atoms with Crippen LogP contribution in [0.5, 0.6) is 0 Å². The molecule has 1 aliphatic rings. The number of aromatic nitrogens is 1. The van der Waals surface area contributed by atoms with Gasteiger partial charge >= 0.3 is 0 Å². The average molecular weight is 281 g/mol. The van der Waals surface area contributed by atoms with E-state index in [0.717, 1.165) is 5.52 Å². The van der Waals surface area contributed by atoms with Gasteiger partial charge in [-0.25, -0.2) is 8.42 Å². The SMILES string of the molecule is CC1CS(=O)(=O)CCN1c1nc2ccc(N)cc2o1. The quantitative estimate of drug-likeness (QED) is 0.785. The number of rotatable bonds is 1. The summed E-state index contributed by atoms with van der Waals surface area (Å²) in [6.07, 6.45) is 0. The number of nitrogen functional groups attached to an aromatic ring is 1. The number of hydrogen-bond acceptors (Lipinski definition) is 6.